The van der Waals surface area contributed by atoms with Gasteiger partial charge in [-0.05, 0) is 106 Å². The van der Waals surface area contributed by atoms with E-state index < -0.39 is 0 Å². The summed E-state index contributed by atoms with van der Waals surface area (Å²) in [5.41, 5.74) is 18.4. The summed E-state index contributed by atoms with van der Waals surface area (Å²) < 4.78 is 4.90. The molecule has 2 aromatic heterocycles. The second kappa shape index (κ2) is 12.5. The maximum absolute atomic E-state index is 2.51. The van der Waals surface area contributed by atoms with Crippen LogP contribution in [0.3, 0.4) is 0 Å². The van der Waals surface area contributed by atoms with Gasteiger partial charge in [-0.1, -0.05) is 158 Å². The number of rotatable bonds is 5. The van der Waals surface area contributed by atoms with Crippen molar-refractivity contribution < 1.29 is 0 Å². The number of nitrogens with zero attached hydrogens (tertiary/aromatic N) is 2. The van der Waals surface area contributed by atoms with Gasteiger partial charge >= 0.3 is 0 Å². The third-order valence-corrected chi connectivity index (χ3v) is 12.8. The monoisotopic (exact) mass is 738 g/mol. The summed E-state index contributed by atoms with van der Waals surface area (Å²) in [6.45, 7) is 2.41. The van der Waals surface area contributed by atoms with E-state index in [4.69, 9.17) is 0 Å². The van der Waals surface area contributed by atoms with Gasteiger partial charge in [-0.15, -0.1) is 0 Å². The van der Waals surface area contributed by atoms with E-state index in [1.807, 2.05) is 0 Å². The maximum atomic E-state index is 2.51. The van der Waals surface area contributed by atoms with E-state index in [-0.39, 0.29) is 5.41 Å². The number of benzene rings is 9. The van der Waals surface area contributed by atoms with E-state index in [1.165, 1.54) is 105 Å². The number of para-hydroxylation sites is 3. The molecule has 0 aliphatic heterocycles. The van der Waals surface area contributed by atoms with E-state index in [2.05, 4.69) is 228 Å². The molecule has 11 aromatic rings. The van der Waals surface area contributed by atoms with Crippen LogP contribution < -0.4 is 0 Å². The van der Waals surface area contributed by atoms with Crippen LogP contribution >= 0.6 is 0 Å². The topological polar surface area (TPSA) is 9.86 Å². The molecule has 1 atom stereocenters. The van der Waals surface area contributed by atoms with Gasteiger partial charge in [0.25, 0.3) is 0 Å². The van der Waals surface area contributed by atoms with Gasteiger partial charge in [0.2, 0.25) is 0 Å². The minimum Gasteiger partial charge on any atom is -0.309 e. The maximum Gasteiger partial charge on any atom is 0.0547 e. The third-order valence-electron chi connectivity index (χ3n) is 12.8. The Morgan fingerprint density at radius 2 is 0.931 bits per heavy atom. The first-order valence-corrected chi connectivity index (χ1v) is 20.2. The summed E-state index contributed by atoms with van der Waals surface area (Å²) in [5, 5.41) is 5.06. The predicted molar refractivity (Wildman–Crippen MR) is 243 cm³/mol. The summed E-state index contributed by atoms with van der Waals surface area (Å²) in [6.07, 6.45) is 0. The zero-order chi connectivity index (χ0) is 38.4. The molecule has 2 heterocycles. The van der Waals surface area contributed by atoms with Gasteiger partial charge in [-0.25, -0.2) is 0 Å². The van der Waals surface area contributed by atoms with Crippen LogP contribution in [-0.4, -0.2) is 9.13 Å². The normalized spacial score (nSPS) is 14.7. The summed E-state index contributed by atoms with van der Waals surface area (Å²) in [6, 6.07) is 78.2. The Kier molecular flexibility index (Phi) is 7.09. The Balaban J connectivity index is 1.16. The van der Waals surface area contributed by atoms with Gasteiger partial charge in [0.15, 0.2) is 0 Å². The largest absolute Gasteiger partial charge is 0.309 e. The molecule has 0 bridgehead atoms. The van der Waals surface area contributed by atoms with Crippen molar-refractivity contribution >= 4 is 43.6 Å². The molecule has 0 amide bonds. The zero-order valence-corrected chi connectivity index (χ0v) is 32.1. The molecule has 1 aliphatic carbocycles. The molecule has 0 spiro atoms. The predicted octanol–water partition coefficient (Wildman–Crippen LogP) is 14.5. The Bertz CT molecular complexity index is 3390. The SMILES string of the molecule is CC1(c2ccccc2)c2ccccc2-c2c1ccc1c2c2cc(-c3ccc4c(c3)c3ccccc3n4-c3ccccc3)ccc2n1-c1ccccc1-c1ccccc1. The first-order chi connectivity index (χ1) is 28.7. The molecular weight excluding hydrogens is 701 g/mol. The highest BCUT2D eigenvalue weighted by molar-refractivity contribution is 6.19. The van der Waals surface area contributed by atoms with Crippen molar-refractivity contribution in [1.29, 1.82) is 0 Å². The average molecular weight is 739 g/mol. The first-order valence-electron chi connectivity index (χ1n) is 20.2. The van der Waals surface area contributed by atoms with Gasteiger partial charge in [0.05, 0.1) is 27.8 Å². The summed E-state index contributed by atoms with van der Waals surface area (Å²) in [7, 11) is 0. The fourth-order valence-corrected chi connectivity index (χ4v) is 10.2. The second-order valence-corrected chi connectivity index (χ2v) is 15.8. The molecule has 1 unspecified atom stereocenters. The van der Waals surface area contributed by atoms with Gasteiger partial charge in [0.1, 0.15) is 0 Å². The third kappa shape index (κ3) is 4.60. The number of hydrogen-bond acceptors (Lipinski definition) is 0. The van der Waals surface area contributed by atoms with Crippen LogP contribution in [0, 0.1) is 0 Å². The van der Waals surface area contributed by atoms with E-state index >= 15 is 0 Å². The minimum absolute atomic E-state index is 0.298. The second-order valence-electron chi connectivity index (χ2n) is 15.8. The van der Waals surface area contributed by atoms with E-state index in [9.17, 15) is 0 Å². The lowest BCUT2D eigenvalue weighted by Gasteiger charge is -2.28. The molecule has 272 valence electrons. The molecule has 12 rings (SSSR count). The standard InChI is InChI=1S/C56H38N2/c1-56(40-19-7-3-8-20-40)47-26-14-11-25-44(47)54-48(56)31-34-53-55(54)46-36-39(30-33-52(46)58(53)49-27-15-12-23-42(49)37-17-5-2-6-18-37)38-29-32-51-45(35-38)43-24-13-16-28-50(43)57(51)41-21-9-4-10-22-41/h2-36H,1H3. The van der Waals surface area contributed by atoms with Crippen LogP contribution in [0.1, 0.15) is 23.6 Å². The molecule has 2 nitrogen and oxygen atoms in total. The Hall–Kier alpha value is -7.42. The van der Waals surface area contributed by atoms with Gasteiger partial charge in [-0.2, -0.15) is 0 Å². The summed E-state index contributed by atoms with van der Waals surface area (Å²) >= 11 is 0. The highest BCUT2D eigenvalue weighted by Crippen LogP contribution is 2.56. The van der Waals surface area contributed by atoms with Crippen molar-refractivity contribution in [3.8, 4) is 44.8 Å². The molecule has 2 heteroatoms. The molecular formula is C56H38N2. The van der Waals surface area contributed by atoms with Gasteiger partial charge in [-0.3, -0.25) is 0 Å². The average Bonchev–Trinajstić information content (AvgIpc) is 3.90. The molecule has 1 aliphatic rings. The minimum atomic E-state index is -0.298. The summed E-state index contributed by atoms with van der Waals surface area (Å²) in [4.78, 5) is 0. The first kappa shape index (κ1) is 32.8. The summed E-state index contributed by atoms with van der Waals surface area (Å²) in [5.74, 6) is 0. The number of aromatic nitrogens is 2. The van der Waals surface area contributed by atoms with E-state index in [1.54, 1.807) is 0 Å². The van der Waals surface area contributed by atoms with Crippen LogP contribution in [0.5, 0.6) is 0 Å². The van der Waals surface area contributed by atoms with E-state index in [0.717, 1.165) is 0 Å². The highest BCUT2D eigenvalue weighted by atomic mass is 15.0. The van der Waals surface area contributed by atoms with Crippen molar-refractivity contribution in [3.63, 3.8) is 0 Å². The van der Waals surface area contributed by atoms with Gasteiger partial charge < -0.3 is 9.13 Å². The fourth-order valence-electron chi connectivity index (χ4n) is 10.2. The fraction of sp³-hybridized carbons (Fsp3) is 0.0357. The van der Waals surface area contributed by atoms with Crippen molar-refractivity contribution in [2.45, 2.75) is 12.3 Å². The molecule has 0 N–H and O–H groups in total. The quantitative estimate of drug-likeness (QED) is 0.166. The van der Waals surface area contributed by atoms with Crippen molar-refractivity contribution in [1.82, 2.24) is 9.13 Å². The molecule has 0 saturated carbocycles. The van der Waals surface area contributed by atoms with Crippen LogP contribution in [0.25, 0.3) is 88.4 Å². The Morgan fingerprint density at radius 3 is 1.71 bits per heavy atom. The van der Waals surface area contributed by atoms with E-state index in [0.29, 0.717) is 0 Å². The number of fused-ring (bicyclic) bond motifs is 10. The number of hydrogen-bond donors (Lipinski definition) is 0. The highest BCUT2D eigenvalue weighted by Gasteiger charge is 2.42. The van der Waals surface area contributed by atoms with Gasteiger partial charge in [0, 0.05) is 38.2 Å². The lowest BCUT2D eigenvalue weighted by molar-refractivity contribution is 0.714. The molecule has 0 saturated heterocycles. The van der Waals surface area contributed by atoms with Crippen LogP contribution in [0.4, 0.5) is 0 Å². The van der Waals surface area contributed by atoms with Crippen LogP contribution in [0.2, 0.25) is 0 Å². The van der Waals surface area contributed by atoms with Crippen LogP contribution in [0.15, 0.2) is 212 Å². The van der Waals surface area contributed by atoms with Crippen molar-refractivity contribution in [2.75, 3.05) is 0 Å². The molecule has 0 radical (unpaired) electrons. The van der Waals surface area contributed by atoms with Crippen molar-refractivity contribution in [3.05, 3.63) is 229 Å². The Morgan fingerprint density at radius 1 is 0.362 bits per heavy atom. The molecule has 9 aromatic carbocycles. The zero-order valence-electron chi connectivity index (χ0n) is 32.1. The lowest BCUT2D eigenvalue weighted by atomic mass is 9.74. The van der Waals surface area contributed by atoms with Crippen molar-refractivity contribution in [2.24, 2.45) is 0 Å². The Labute approximate surface area is 337 Å². The lowest BCUT2D eigenvalue weighted by Crippen LogP contribution is -2.22. The molecule has 0 fully saturated rings. The smallest absolute Gasteiger partial charge is 0.0547 e. The molecule has 58 heavy (non-hydrogen) atoms. The van der Waals surface area contributed by atoms with Crippen LogP contribution in [-0.2, 0) is 5.41 Å².